The molecule has 1 aliphatic carbocycles. The largest absolute Gasteiger partial charge is 0.468 e. The summed E-state index contributed by atoms with van der Waals surface area (Å²) < 4.78 is 11.2. The number of anilines is 1. The number of para-hydroxylation sites is 1. The van der Waals surface area contributed by atoms with Gasteiger partial charge in [-0.05, 0) is 55.5 Å². The smallest absolute Gasteiger partial charge is 0.189 e. The monoisotopic (exact) mass is 480 g/mol. The molecule has 6 heteroatoms. The Morgan fingerprint density at radius 1 is 0.875 bits per heavy atom. The van der Waals surface area contributed by atoms with Crippen LogP contribution in [-0.4, -0.2) is 44.5 Å². The number of rotatable bonds is 8. The molecule has 0 N–H and O–H groups in total. The zero-order chi connectivity index (χ0) is 20.6. The van der Waals surface area contributed by atoms with Crippen molar-refractivity contribution in [1.82, 2.24) is 4.90 Å². The first kappa shape index (κ1) is 26.8. The van der Waals surface area contributed by atoms with Gasteiger partial charge in [0.15, 0.2) is 6.79 Å². The van der Waals surface area contributed by atoms with E-state index in [4.69, 9.17) is 9.47 Å². The number of hydrogen-bond acceptors (Lipinski definition) is 4. The van der Waals surface area contributed by atoms with Crippen LogP contribution in [0.25, 0.3) is 0 Å². The fraction of sp³-hybridized carbons (Fsp3) is 0.538. The molecule has 0 bridgehead atoms. The first-order valence-corrected chi connectivity index (χ1v) is 11.7. The second-order valence-electron chi connectivity index (χ2n) is 8.53. The molecule has 32 heavy (non-hydrogen) atoms. The average molecular weight is 482 g/mol. The van der Waals surface area contributed by atoms with Gasteiger partial charge in [0.25, 0.3) is 0 Å². The summed E-state index contributed by atoms with van der Waals surface area (Å²) in [5, 5.41) is 0. The maximum Gasteiger partial charge on any atom is 0.189 e. The molecule has 0 radical (unpaired) electrons. The molecule has 178 valence electrons. The van der Waals surface area contributed by atoms with Crippen molar-refractivity contribution < 1.29 is 9.47 Å². The molecule has 2 aromatic rings. The number of ether oxygens (including phenoxy) is 2. The van der Waals surface area contributed by atoms with E-state index in [1.807, 2.05) is 13.0 Å². The molecule has 2 aliphatic rings. The van der Waals surface area contributed by atoms with Crippen LogP contribution in [0, 0.1) is 5.92 Å². The van der Waals surface area contributed by atoms with E-state index in [9.17, 15) is 0 Å². The summed E-state index contributed by atoms with van der Waals surface area (Å²) in [5.74, 6) is 1.66. The normalized spacial score (nSPS) is 18.3. The van der Waals surface area contributed by atoms with Gasteiger partial charge in [-0.15, -0.1) is 24.8 Å². The summed E-state index contributed by atoms with van der Waals surface area (Å²) in [7, 11) is 0. The number of halogens is 2. The molecule has 0 amide bonds. The van der Waals surface area contributed by atoms with Crippen molar-refractivity contribution in [2.75, 3.05) is 44.5 Å². The second kappa shape index (κ2) is 13.9. The molecule has 4 rings (SSSR count). The van der Waals surface area contributed by atoms with Crippen molar-refractivity contribution in [2.24, 2.45) is 5.92 Å². The van der Waals surface area contributed by atoms with Crippen LogP contribution in [0.5, 0.6) is 5.75 Å². The van der Waals surface area contributed by atoms with Crippen LogP contribution in [0.2, 0.25) is 0 Å². The Labute approximate surface area is 206 Å². The van der Waals surface area contributed by atoms with Crippen LogP contribution in [0.3, 0.4) is 0 Å². The van der Waals surface area contributed by atoms with Crippen LogP contribution in [0.1, 0.15) is 50.6 Å². The topological polar surface area (TPSA) is 24.9 Å². The van der Waals surface area contributed by atoms with Gasteiger partial charge in [-0.1, -0.05) is 49.6 Å². The van der Waals surface area contributed by atoms with Crippen molar-refractivity contribution in [1.29, 1.82) is 0 Å². The summed E-state index contributed by atoms with van der Waals surface area (Å²) in [6.07, 6.45) is 6.81. The zero-order valence-corrected chi connectivity index (χ0v) is 20.8. The lowest BCUT2D eigenvalue weighted by atomic mass is 9.80. The molecule has 0 aromatic heterocycles. The quantitative estimate of drug-likeness (QED) is 0.324. The van der Waals surface area contributed by atoms with E-state index in [1.165, 1.54) is 43.4 Å². The summed E-state index contributed by atoms with van der Waals surface area (Å²) >= 11 is 0. The first-order valence-electron chi connectivity index (χ1n) is 11.7. The van der Waals surface area contributed by atoms with Crippen LogP contribution >= 0.6 is 24.8 Å². The van der Waals surface area contributed by atoms with Crippen LogP contribution in [0.15, 0.2) is 54.6 Å². The van der Waals surface area contributed by atoms with Gasteiger partial charge in [0.2, 0.25) is 0 Å². The van der Waals surface area contributed by atoms with Crippen molar-refractivity contribution in [2.45, 2.75) is 45.1 Å². The molecule has 1 atom stereocenters. The highest BCUT2D eigenvalue weighted by atomic mass is 35.5. The summed E-state index contributed by atoms with van der Waals surface area (Å²) in [5.41, 5.74) is 2.75. The predicted octanol–water partition coefficient (Wildman–Crippen LogP) is 6.35. The second-order valence-corrected chi connectivity index (χ2v) is 8.53. The standard InChI is InChI=1S/C26H36N2O2.2ClH/c1-2-29-21-30-25-15-9-12-23(20-25)26(22-10-5-3-6-11-22)28-18-16-27(17-19-28)24-13-7-4-8-14-24;;/h4,7-9,12-15,20,22,26H,2-3,5-6,10-11,16-19,21H2,1H3;2*1H. The van der Waals surface area contributed by atoms with E-state index in [0.29, 0.717) is 19.4 Å². The van der Waals surface area contributed by atoms with Gasteiger partial charge in [0, 0.05) is 44.5 Å². The lowest BCUT2D eigenvalue weighted by Crippen LogP contribution is -2.49. The number of nitrogens with zero attached hydrogens (tertiary/aromatic N) is 2. The molecular formula is C26H38Cl2N2O2. The number of benzene rings is 2. The Morgan fingerprint density at radius 2 is 1.59 bits per heavy atom. The molecule has 2 fully saturated rings. The third-order valence-electron chi connectivity index (χ3n) is 6.64. The van der Waals surface area contributed by atoms with Gasteiger partial charge in [-0.3, -0.25) is 4.90 Å². The van der Waals surface area contributed by atoms with E-state index in [2.05, 4.69) is 58.3 Å². The van der Waals surface area contributed by atoms with Gasteiger partial charge in [0.1, 0.15) is 5.75 Å². The van der Waals surface area contributed by atoms with Crippen LogP contribution in [0.4, 0.5) is 5.69 Å². The average Bonchev–Trinajstić information content (AvgIpc) is 2.82. The van der Waals surface area contributed by atoms with Gasteiger partial charge >= 0.3 is 0 Å². The fourth-order valence-electron chi connectivity index (χ4n) is 5.11. The molecule has 1 saturated carbocycles. The third-order valence-corrected chi connectivity index (χ3v) is 6.64. The highest BCUT2D eigenvalue weighted by molar-refractivity contribution is 5.85. The lowest BCUT2D eigenvalue weighted by molar-refractivity contribution is 0.0222. The maximum absolute atomic E-state index is 5.84. The lowest BCUT2D eigenvalue weighted by Gasteiger charge is -2.44. The summed E-state index contributed by atoms with van der Waals surface area (Å²) in [6.45, 7) is 7.40. The van der Waals surface area contributed by atoms with E-state index in [-0.39, 0.29) is 24.8 Å². The third kappa shape index (κ3) is 7.02. The minimum absolute atomic E-state index is 0. The minimum Gasteiger partial charge on any atom is -0.468 e. The highest BCUT2D eigenvalue weighted by Crippen LogP contribution is 2.40. The van der Waals surface area contributed by atoms with Crippen molar-refractivity contribution in [3.05, 3.63) is 60.2 Å². The minimum atomic E-state index is 0. The molecule has 4 nitrogen and oxygen atoms in total. The number of hydrogen-bond donors (Lipinski definition) is 0. The highest BCUT2D eigenvalue weighted by Gasteiger charge is 2.32. The molecule has 1 unspecified atom stereocenters. The fourth-order valence-corrected chi connectivity index (χ4v) is 5.11. The Morgan fingerprint density at radius 3 is 2.28 bits per heavy atom. The Kier molecular flexibility index (Phi) is 11.7. The molecule has 2 aromatic carbocycles. The molecule has 1 saturated heterocycles. The zero-order valence-electron chi connectivity index (χ0n) is 19.2. The first-order chi connectivity index (χ1) is 14.8. The van der Waals surface area contributed by atoms with Gasteiger partial charge < -0.3 is 14.4 Å². The van der Waals surface area contributed by atoms with Crippen molar-refractivity contribution >= 4 is 30.5 Å². The molecular weight excluding hydrogens is 443 g/mol. The van der Waals surface area contributed by atoms with Gasteiger partial charge in [0.05, 0.1) is 0 Å². The SMILES string of the molecule is CCOCOc1cccc(C(C2CCCCC2)N2CCN(c3ccccc3)CC2)c1.Cl.Cl. The van der Waals surface area contributed by atoms with E-state index in [1.54, 1.807) is 0 Å². The van der Waals surface area contributed by atoms with Gasteiger partial charge in [-0.25, -0.2) is 0 Å². The molecule has 1 aliphatic heterocycles. The Balaban J connectivity index is 0.00000181. The molecule has 1 heterocycles. The van der Waals surface area contributed by atoms with E-state index in [0.717, 1.165) is 37.8 Å². The van der Waals surface area contributed by atoms with Crippen molar-refractivity contribution in [3.8, 4) is 5.75 Å². The maximum atomic E-state index is 5.84. The summed E-state index contributed by atoms with van der Waals surface area (Å²) in [6, 6.07) is 20.1. The van der Waals surface area contributed by atoms with Crippen LogP contribution < -0.4 is 9.64 Å². The van der Waals surface area contributed by atoms with E-state index < -0.39 is 0 Å². The van der Waals surface area contributed by atoms with E-state index >= 15 is 0 Å². The van der Waals surface area contributed by atoms with Gasteiger partial charge in [-0.2, -0.15) is 0 Å². The van der Waals surface area contributed by atoms with Crippen molar-refractivity contribution in [3.63, 3.8) is 0 Å². The Hall–Kier alpha value is -1.46. The van der Waals surface area contributed by atoms with Crippen LogP contribution in [-0.2, 0) is 4.74 Å². The predicted molar refractivity (Wildman–Crippen MR) is 138 cm³/mol. The molecule has 0 spiro atoms. The number of piperazine rings is 1. The summed E-state index contributed by atoms with van der Waals surface area (Å²) in [4.78, 5) is 5.26. The Bertz CT molecular complexity index is 763.